The van der Waals surface area contributed by atoms with Crippen LogP contribution in [0.25, 0.3) is 0 Å². The van der Waals surface area contributed by atoms with Crippen LogP contribution < -0.4 is 10.6 Å². The highest BCUT2D eigenvalue weighted by atomic mass is 16.5. The molecular formula is C19H24N2O6. The summed E-state index contributed by atoms with van der Waals surface area (Å²) in [6, 6.07) is 8.01. The molecule has 8 nitrogen and oxygen atoms in total. The molecule has 0 aliphatic carbocycles. The smallest absolute Gasteiger partial charge is 0.407 e. The van der Waals surface area contributed by atoms with Crippen LogP contribution in [0.15, 0.2) is 30.3 Å². The van der Waals surface area contributed by atoms with Crippen molar-refractivity contribution in [2.24, 2.45) is 0 Å². The van der Waals surface area contributed by atoms with Crippen molar-refractivity contribution in [3.8, 4) is 12.3 Å². The highest BCUT2D eigenvalue weighted by Crippen LogP contribution is 2.03. The molecule has 0 aliphatic heterocycles. The van der Waals surface area contributed by atoms with Crippen LogP contribution in [-0.4, -0.2) is 46.9 Å². The van der Waals surface area contributed by atoms with E-state index in [2.05, 4.69) is 16.6 Å². The summed E-state index contributed by atoms with van der Waals surface area (Å²) in [6.45, 7) is -0.114. The van der Waals surface area contributed by atoms with Crippen molar-refractivity contribution in [3.05, 3.63) is 35.9 Å². The molecule has 2 amide bonds. The van der Waals surface area contributed by atoms with Crippen molar-refractivity contribution in [2.75, 3.05) is 6.54 Å². The lowest BCUT2D eigenvalue weighted by molar-refractivity contribution is -0.142. The Bertz CT molecular complexity index is 656. The van der Waals surface area contributed by atoms with E-state index in [0.29, 0.717) is 12.8 Å². The first-order valence-corrected chi connectivity index (χ1v) is 8.50. The highest BCUT2D eigenvalue weighted by molar-refractivity contribution is 5.83. The summed E-state index contributed by atoms with van der Waals surface area (Å²) < 4.78 is 4.98. The number of aliphatic carboxylic acids is 1. The quantitative estimate of drug-likeness (QED) is 0.338. The molecule has 0 aliphatic rings. The molecule has 0 unspecified atom stereocenters. The van der Waals surface area contributed by atoms with Crippen LogP contribution in [0.4, 0.5) is 4.79 Å². The monoisotopic (exact) mass is 376 g/mol. The van der Waals surface area contributed by atoms with Gasteiger partial charge in [-0.2, -0.15) is 0 Å². The molecule has 27 heavy (non-hydrogen) atoms. The van der Waals surface area contributed by atoms with Crippen molar-refractivity contribution in [1.82, 2.24) is 10.6 Å². The summed E-state index contributed by atoms with van der Waals surface area (Å²) in [5.41, 5.74) is 0.817. The van der Waals surface area contributed by atoms with E-state index in [9.17, 15) is 19.5 Å². The van der Waals surface area contributed by atoms with E-state index < -0.39 is 30.1 Å². The van der Waals surface area contributed by atoms with E-state index in [1.807, 2.05) is 18.2 Å². The van der Waals surface area contributed by atoms with Gasteiger partial charge in [-0.1, -0.05) is 30.3 Å². The molecule has 0 fully saturated rings. The second-order valence-electron chi connectivity index (χ2n) is 5.86. The number of terminal acetylenes is 1. The Hall–Kier alpha value is -3.05. The van der Waals surface area contributed by atoms with Gasteiger partial charge in [-0.15, -0.1) is 12.3 Å². The maximum Gasteiger partial charge on any atom is 0.407 e. The normalized spacial score (nSPS) is 12.3. The maximum absolute atomic E-state index is 11.8. The first-order valence-electron chi connectivity index (χ1n) is 8.50. The standard InChI is InChI=1S/C19H24N2O6/c1-2-3-5-10-16(18(24)25)21-17(23)11-15(22)12-20-19(26)27-13-14-8-6-4-7-9-14/h1,4,6-9,15-16,22H,3,5,10-13H2,(H,20,26)(H,21,23)(H,24,25)/t15-,16+/m0/s1. The number of carboxylic acids is 1. The minimum absolute atomic E-state index is 0.0845. The van der Waals surface area contributed by atoms with Crippen LogP contribution in [-0.2, 0) is 20.9 Å². The molecule has 1 aromatic carbocycles. The van der Waals surface area contributed by atoms with Crippen molar-refractivity contribution in [3.63, 3.8) is 0 Å². The third-order valence-corrected chi connectivity index (χ3v) is 3.56. The van der Waals surface area contributed by atoms with Gasteiger partial charge in [0.05, 0.1) is 12.5 Å². The number of rotatable bonds is 11. The summed E-state index contributed by atoms with van der Waals surface area (Å²) in [5, 5.41) is 23.6. The van der Waals surface area contributed by atoms with Gasteiger partial charge in [-0.3, -0.25) is 4.79 Å². The number of ether oxygens (including phenoxy) is 1. The fourth-order valence-corrected chi connectivity index (χ4v) is 2.18. The Balaban J connectivity index is 2.28. The van der Waals surface area contributed by atoms with E-state index in [0.717, 1.165) is 5.56 Å². The molecule has 0 saturated carbocycles. The minimum Gasteiger partial charge on any atom is -0.480 e. The molecule has 2 atom stereocenters. The topological polar surface area (TPSA) is 125 Å². The van der Waals surface area contributed by atoms with Crippen LogP contribution >= 0.6 is 0 Å². The molecule has 8 heteroatoms. The fourth-order valence-electron chi connectivity index (χ4n) is 2.18. The van der Waals surface area contributed by atoms with Crippen LogP contribution in [0.3, 0.4) is 0 Å². The second kappa shape index (κ2) is 12.3. The number of aliphatic hydroxyl groups is 1. The lowest BCUT2D eigenvalue weighted by Gasteiger charge is -2.16. The van der Waals surface area contributed by atoms with Gasteiger partial charge in [0.2, 0.25) is 5.91 Å². The molecule has 0 saturated heterocycles. The molecule has 4 N–H and O–H groups in total. The summed E-state index contributed by atoms with van der Waals surface area (Å²) in [4.78, 5) is 34.5. The molecule has 0 spiro atoms. The third-order valence-electron chi connectivity index (χ3n) is 3.56. The van der Waals surface area contributed by atoms with Crippen LogP contribution in [0, 0.1) is 12.3 Å². The molecular weight excluding hydrogens is 352 g/mol. The van der Waals surface area contributed by atoms with Gasteiger partial charge in [0, 0.05) is 13.0 Å². The van der Waals surface area contributed by atoms with Gasteiger partial charge in [0.1, 0.15) is 12.6 Å². The van der Waals surface area contributed by atoms with Gasteiger partial charge < -0.3 is 25.6 Å². The first kappa shape index (κ1) is 22.0. The van der Waals surface area contributed by atoms with Crippen molar-refractivity contribution in [2.45, 2.75) is 44.4 Å². The number of amides is 2. The maximum atomic E-state index is 11.8. The Morgan fingerprint density at radius 1 is 1.22 bits per heavy atom. The molecule has 0 radical (unpaired) electrons. The minimum atomic E-state index is -1.17. The summed E-state index contributed by atoms with van der Waals surface area (Å²) >= 11 is 0. The number of unbranched alkanes of at least 4 members (excludes halogenated alkanes) is 1. The van der Waals surface area contributed by atoms with Gasteiger partial charge in [-0.25, -0.2) is 9.59 Å². The Morgan fingerprint density at radius 3 is 2.56 bits per heavy atom. The number of carbonyl (C=O) groups is 3. The predicted octanol–water partition coefficient (Wildman–Crippen LogP) is 1.04. The average Bonchev–Trinajstić information content (AvgIpc) is 2.64. The molecule has 1 rings (SSSR count). The Morgan fingerprint density at radius 2 is 1.93 bits per heavy atom. The lowest BCUT2D eigenvalue weighted by Crippen LogP contribution is -2.43. The number of benzene rings is 1. The summed E-state index contributed by atoms with van der Waals surface area (Å²) in [5.74, 6) is 0.599. The van der Waals surface area contributed by atoms with Gasteiger partial charge in [0.15, 0.2) is 0 Å². The van der Waals surface area contributed by atoms with E-state index >= 15 is 0 Å². The zero-order valence-corrected chi connectivity index (χ0v) is 14.9. The highest BCUT2D eigenvalue weighted by Gasteiger charge is 2.21. The number of aliphatic hydroxyl groups excluding tert-OH is 1. The predicted molar refractivity (Wildman–Crippen MR) is 97.5 cm³/mol. The van der Waals surface area contributed by atoms with Crippen LogP contribution in [0.5, 0.6) is 0 Å². The average molecular weight is 376 g/mol. The van der Waals surface area contributed by atoms with Crippen LogP contribution in [0.1, 0.15) is 31.2 Å². The zero-order valence-electron chi connectivity index (χ0n) is 14.9. The third kappa shape index (κ3) is 9.87. The molecule has 0 heterocycles. The Labute approximate surface area is 157 Å². The van der Waals surface area contributed by atoms with Crippen LogP contribution in [0.2, 0.25) is 0 Å². The zero-order chi connectivity index (χ0) is 20.1. The van der Waals surface area contributed by atoms with E-state index in [-0.39, 0.29) is 26.0 Å². The fraction of sp³-hybridized carbons (Fsp3) is 0.421. The number of carbonyl (C=O) groups excluding carboxylic acids is 2. The molecule has 0 bridgehead atoms. The van der Waals surface area contributed by atoms with Gasteiger partial charge in [0.25, 0.3) is 0 Å². The van der Waals surface area contributed by atoms with Gasteiger partial charge >= 0.3 is 12.1 Å². The molecule has 0 aromatic heterocycles. The Kier molecular flexibility index (Phi) is 10.0. The first-order chi connectivity index (χ1) is 12.9. The summed E-state index contributed by atoms with van der Waals surface area (Å²) in [7, 11) is 0. The van der Waals surface area contributed by atoms with Crippen molar-refractivity contribution >= 4 is 18.0 Å². The number of alkyl carbamates (subject to hydrolysis) is 1. The SMILES string of the molecule is C#CCCC[C@@H](NC(=O)C[C@H](O)CNC(=O)OCc1ccccc1)C(=O)O. The number of hydrogen-bond acceptors (Lipinski definition) is 5. The largest absolute Gasteiger partial charge is 0.480 e. The molecule has 146 valence electrons. The number of hydrogen-bond donors (Lipinski definition) is 4. The molecule has 1 aromatic rings. The number of carboxylic acid groups (broad SMARTS) is 1. The lowest BCUT2D eigenvalue weighted by atomic mass is 10.1. The summed E-state index contributed by atoms with van der Waals surface area (Å²) in [6.07, 6.45) is 3.94. The van der Waals surface area contributed by atoms with Crippen molar-refractivity contribution in [1.29, 1.82) is 0 Å². The van der Waals surface area contributed by atoms with E-state index in [1.54, 1.807) is 12.1 Å². The van der Waals surface area contributed by atoms with E-state index in [4.69, 9.17) is 16.3 Å². The van der Waals surface area contributed by atoms with E-state index in [1.165, 1.54) is 0 Å². The van der Waals surface area contributed by atoms with Gasteiger partial charge in [-0.05, 0) is 18.4 Å². The second-order valence-corrected chi connectivity index (χ2v) is 5.86. The van der Waals surface area contributed by atoms with Crippen molar-refractivity contribution < 1.29 is 29.3 Å². The number of nitrogens with one attached hydrogen (secondary N) is 2.